The van der Waals surface area contributed by atoms with Crippen molar-refractivity contribution in [3.63, 3.8) is 0 Å². The SMILES string of the molecule is COc1ccc(C(=O)N2CCC(c3nc(C(=O)N(C)CCc4ccccc4)cs3)CC2)c(OC)c1OC. The van der Waals surface area contributed by atoms with Crippen LogP contribution in [0.2, 0.25) is 0 Å². The number of amides is 2. The molecule has 0 unspecified atom stereocenters. The summed E-state index contributed by atoms with van der Waals surface area (Å²) in [6.45, 7) is 1.83. The van der Waals surface area contributed by atoms with Crippen molar-refractivity contribution in [1.29, 1.82) is 0 Å². The maximum Gasteiger partial charge on any atom is 0.273 e. The molecule has 1 saturated heterocycles. The molecule has 0 N–H and O–H groups in total. The summed E-state index contributed by atoms with van der Waals surface area (Å²) in [4.78, 5) is 34.5. The van der Waals surface area contributed by atoms with Gasteiger partial charge in [-0.3, -0.25) is 9.59 Å². The van der Waals surface area contributed by atoms with Crippen molar-refractivity contribution in [2.45, 2.75) is 25.2 Å². The van der Waals surface area contributed by atoms with Crippen LogP contribution in [0, 0.1) is 0 Å². The van der Waals surface area contributed by atoms with Crippen LogP contribution in [0.5, 0.6) is 17.2 Å². The molecule has 2 amide bonds. The average molecular weight is 524 g/mol. The Morgan fingerprint density at radius 2 is 1.70 bits per heavy atom. The largest absolute Gasteiger partial charge is 0.493 e. The minimum Gasteiger partial charge on any atom is -0.493 e. The van der Waals surface area contributed by atoms with Crippen molar-refractivity contribution in [3.05, 3.63) is 69.7 Å². The van der Waals surface area contributed by atoms with Gasteiger partial charge < -0.3 is 24.0 Å². The zero-order valence-electron chi connectivity index (χ0n) is 21.7. The van der Waals surface area contributed by atoms with Gasteiger partial charge in [0.25, 0.3) is 11.8 Å². The van der Waals surface area contributed by atoms with Crippen molar-refractivity contribution >= 4 is 23.2 Å². The van der Waals surface area contributed by atoms with Gasteiger partial charge in [0.2, 0.25) is 5.75 Å². The summed E-state index contributed by atoms with van der Waals surface area (Å²) >= 11 is 1.52. The molecule has 1 aliphatic rings. The van der Waals surface area contributed by atoms with Crippen molar-refractivity contribution in [1.82, 2.24) is 14.8 Å². The fraction of sp³-hybridized carbons (Fsp3) is 0.393. The first-order valence-electron chi connectivity index (χ1n) is 12.3. The summed E-state index contributed by atoms with van der Waals surface area (Å²) in [5, 5.41) is 2.80. The number of carbonyl (C=O) groups excluding carboxylic acids is 2. The normalized spacial score (nSPS) is 13.8. The van der Waals surface area contributed by atoms with Crippen LogP contribution in [0.25, 0.3) is 0 Å². The Morgan fingerprint density at radius 1 is 1.00 bits per heavy atom. The first-order chi connectivity index (χ1) is 18.0. The molecule has 0 aliphatic carbocycles. The van der Waals surface area contributed by atoms with E-state index in [0.29, 0.717) is 48.1 Å². The number of piperidine rings is 1. The maximum absolute atomic E-state index is 13.3. The Hall–Kier alpha value is -3.59. The predicted molar refractivity (Wildman–Crippen MR) is 143 cm³/mol. The van der Waals surface area contributed by atoms with Crippen LogP contribution in [-0.4, -0.2) is 74.6 Å². The third-order valence-corrected chi connectivity index (χ3v) is 7.74. The summed E-state index contributed by atoms with van der Waals surface area (Å²) in [5.74, 6) is 1.33. The van der Waals surface area contributed by atoms with Gasteiger partial charge in [-0.1, -0.05) is 30.3 Å². The van der Waals surface area contributed by atoms with Crippen molar-refractivity contribution < 1.29 is 23.8 Å². The highest BCUT2D eigenvalue weighted by molar-refractivity contribution is 7.09. The second-order valence-corrected chi connectivity index (χ2v) is 9.87. The molecule has 2 aromatic carbocycles. The molecule has 8 nitrogen and oxygen atoms in total. The highest BCUT2D eigenvalue weighted by Gasteiger charge is 2.30. The number of aromatic nitrogens is 1. The fourth-order valence-corrected chi connectivity index (χ4v) is 5.55. The summed E-state index contributed by atoms with van der Waals surface area (Å²) in [5.41, 5.74) is 2.14. The zero-order valence-corrected chi connectivity index (χ0v) is 22.5. The molecule has 196 valence electrons. The topological polar surface area (TPSA) is 81.2 Å². The van der Waals surface area contributed by atoms with Gasteiger partial charge in [0.15, 0.2) is 11.5 Å². The van der Waals surface area contributed by atoms with E-state index in [2.05, 4.69) is 17.1 Å². The number of rotatable bonds is 9. The molecule has 2 heterocycles. The van der Waals surface area contributed by atoms with Gasteiger partial charge in [-0.25, -0.2) is 4.98 Å². The second kappa shape index (κ2) is 12.1. The summed E-state index contributed by atoms with van der Waals surface area (Å²) in [6, 6.07) is 13.6. The molecule has 9 heteroatoms. The zero-order chi connectivity index (χ0) is 26.4. The van der Waals surface area contributed by atoms with E-state index in [4.69, 9.17) is 14.2 Å². The van der Waals surface area contributed by atoms with Crippen LogP contribution in [0.15, 0.2) is 47.8 Å². The highest BCUT2D eigenvalue weighted by Crippen LogP contribution is 2.41. The van der Waals surface area contributed by atoms with E-state index >= 15 is 0 Å². The molecule has 1 aromatic heterocycles. The number of ether oxygens (including phenoxy) is 3. The monoisotopic (exact) mass is 523 g/mol. The first kappa shape index (κ1) is 26.5. The van der Waals surface area contributed by atoms with E-state index in [9.17, 15) is 9.59 Å². The number of hydrogen-bond acceptors (Lipinski definition) is 7. The molecule has 0 atom stereocenters. The van der Waals surface area contributed by atoms with Crippen molar-refractivity contribution in [3.8, 4) is 17.2 Å². The summed E-state index contributed by atoms with van der Waals surface area (Å²) < 4.78 is 16.3. The number of nitrogens with zero attached hydrogens (tertiary/aromatic N) is 3. The highest BCUT2D eigenvalue weighted by atomic mass is 32.1. The van der Waals surface area contributed by atoms with Gasteiger partial charge in [-0.05, 0) is 37.0 Å². The molecule has 0 saturated carbocycles. The number of likely N-dealkylation sites (N-methyl/N-ethyl adjacent to an activating group) is 1. The number of likely N-dealkylation sites (tertiary alicyclic amines) is 1. The molecular formula is C28H33N3O5S. The summed E-state index contributed by atoms with van der Waals surface area (Å²) in [6.07, 6.45) is 2.37. The third kappa shape index (κ3) is 5.88. The minimum atomic E-state index is -0.105. The Morgan fingerprint density at radius 3 is 2.35 bits per heavy atom. The van der Waals surface area contributed by atoms with Crippen LogP contribution >= 0.6 is 11.3 Å². The number of hydrogen-bond donors (Lipinski definition) is 0. The van der Waals surface area contributed by atoms with E-state index in [0.717, 1.165) is 24.3 Å². The molecule has 0 radical (unpaired) electrons. The van der Waals surface area contributed by atoms with E-state index < -0.39 is 0 Å². The fourth-order valence-electron chi connectivity index (χ4n) is 4.58. The number of thiazole rings is 1. The van der Waals surface area contributed by atoms with Gasteiger partial charge in [-0.2, -0.15) is 0 Å². The Labute approximate surface area is 221 Å². The number of benzene rings is 2. The van der Waals surface area contributed by atoms with Crippen LogP contribution in [0.3, 0.4) is 0 Å². The lowest BCUT2D eigenvalue weighted by molar-refractivity contribution is 0.0708. The average Bonchev–Trinajstić information content (AvgIpc) is 3.45. The standard InChI is InChI=1S/C28H33N3O5S/c1-30(15-12-19-8-6-5-7-9-19)28(33)22-18-37-26(29-22)20-13-16-31(17-14-20)27(32)21-10-11-23(34-2)25(36-4)24(21)35-3/h5-11,18,20H,12-17H2,1-4H3. The molecule has 1 fully saturated rings. The molecular weight excluding hydrogens is 490 g/mol. The lowest BCUT2D eigenvalue weighted by atomic mass is 9.96. The van der Waals surface area contributed by atoms with Gasteiger partial charge in [0.05, 0.1) is 31.9 Å². The van der Waals surface area contributed by atoms with Crippen LogP contribution in [-0.2, 0) is 6.42 Å². The Kier molecular flexibility index (Phi) is 8.66. The summed E-state index contributed by atoms with van der Waals surface area (Å²) in [7, 11) is 6.40. The van der Waals surface area contributed by atoms with Gasteiger partial charge in [0.1, 0.15) is 5.69 Å². The molecule has 4 rings (SSSR count). The molecule has 1 aliphatic heterocycles. The lowest BCUT2D eigenvalue weighted by Gasteiger charge is -2.31. The predicted octanol–water partition coefficient (Wildman–Crippen LogP) is 4.50. The minimum absolute atomic E-state index is 0.0633. The van der Waals surface area contributed by atoms with Gasteiger partial charge in [0, 0.05) is 38.0 Å². The Bertz CT molecular complexity index is 1220. The Balaban J connectivity index is 1.36. The molecule has 0 spiro atoms. The maximum atomic E-state index is 13.3. The van der Waals surface area contributed by atoms with Gasteiger partial charge >= 0.3 is 0 Å². The molecule has 0 bridgehead atoms. The smallest absolute Gasteiger partial charge is 0.273 e. The van der Waals surface area contributed by atoms with E-state index in [1.165, 1.54) is 31.1 Å². The van der Waals surface area contributed by atoms with E-state index in [1.54, 1.807) is 24.1 Å². The molecule has 3 aromatic rings. The van der Waals surface area contributed by atoms with Crippen LogP contribution < -0.4 is 14.2 Å². The first-order valence-corrected chi connectivity index (χ1v) is 13.2. The van der Waals surface area contributed by atoms with Crippen LogP contribution in [0.4, 0.5) is 0 Å². The second-order valence-electron chi connectivity index (χ2n) is 8.98. The van der Waals surface area contributed by atoms with Crippen molar-refractivity contribution in [2.24, 2.45) is 0 Å². The molecule has 37 heavy (non-hydrogen) atoms. The number of methoxy groups -OCH3 is 3. The van der Waals surface area contributed by atoms with Gasteiger partial charge in [-0.15, -0.1) is 11.3 Å². The number of carbonyl (C=O) groups is 2. The van der Waals surface area contributed by atoms with Crippen molar-refractivity contribution in [2.75, 3.05) is 48.0 Å². The van der Waals surface area contributed by atoms with Crippen LogP contribution in [0.1, 0.15) is 50.2 Å². The lowest BCUT2D eigenvalue weighted by Crippen LogP contribution is -2.38. The third-order valence-electron chi connectivity index (χ3n) is 6.73. The quantitative estimate of drug-likeness (QED) is 0.411. The van der Waals surface area contributed by atoms with E-state index in [-0.39, 0.29) is 17.7 Å². The van der Waals surface area contributed by atoms with E-state index in [1.807, 2.05) is 35.5 Å².